The van der Waals surface area contributed by atoms with Gasteiger partial charge in [-0.3, -0.25) is 4.79 Å². The predicted molar refractivity (Wildman–Crippen MR) is 81.0 cm³/mol. The van der Waals surface area contributed by atoms with Gasteiger partial charge in [-0.1, -0.05) is 12.1 Å². The molecule has 1 aliphatic rings. The average Bonchev–Trinajstić information content (AvgIpc) is 2.46. The quantitative estimate of drug-likeness (QED) is 0.812. The van der Waals surface area contributed by atoms with Crippen LogP contribution in [-0.2, 0) is 14.6 Å². The van der Waals surface area contributed by atoms with Crippen molar-refractivity contribution in [3.8, 4) is 0 Å². The van der Waals surface area contributed by atoms with Gasteiger partial charge in [-0.2, -0.15) is 0 Å². The summed E-state index contributed by atoms with van der Waals surface area (Å²) in [6.07, 6.45) is 0. The second-order valence-corrected chi connectivity index (χ2v) is 7.41. The Morgan fingerprint density at radius 3 is 2.78 bits per heavy atom. The van der Waals surface area contributed by atoms with E-state index in [2.05, 4.69) is 10.6 Å². The van der Waals surface area contributed by atoms with Gasteiger partial charge >= 0.3 is 6.03 Å². The Hall–Kier alpha value is -2.16. The number of hydrogen-bond acceptors (Lipinski definition) is 4. The monoisotopic (exact) mass is 343 g/mol. The van der Waals surface area contributed by atoms with Gasteiger partial charge < -0.3 is 15.5 Å². The number of benzene rings is 1. The second kappa shape index (κ2) is 6.95. The first-order valence-corrected chi connectivity index (χ1v) is 8.74. The van der Waals surface area contributed by atoms with Crippen LogP contribution in [0.4, 0.5) is 9.18 Å². The van der Waals surface area contributed by atoms with Crippen LogP contribution < -0.4 is 10.6 Å². The van der Waals surface area contributed by atoms with Crippen molar-refractivity contribution >= 4 is 21.8 Å². The Balaban J connectivity index is 1.90. The van der Waals surface area contributed by atoms with E-state index in [1.165, 1.54) is 23.1 Å². The van der Waals surface area contributed by atoms with Crippen LogP contribution in [0, 0.1) is 5.82 Å². The van der Waals surface area contributed by atoms with Gasteiger partial charge in [0.2, 0.25) is 5.91 Å². The van der Waals surface area contributed by atoms with E-state index in [4.69, 9.17) is 0 Å². The van der Waals surface area contributed by atoms with Crippen molar-refractivity contribution in [1.29, 1.82) is 0 Å². The number of carbonyl (C=O) groups is 2. The molecule has 1 fully saturated rings. The normalized spacial score (nSPS) is 18.4. The minimum Gasteiger partial charge on any atom is -0.350 e. The highest BCUT2D eigenvalue weighted by molar-refractivity contribution is 7.91. The number of nitrogens with one attached hydrogen (secondary N) is 2. The smallest absolute Gasteiger partial charge is 0.317 e. The van der Waals surface area contributed by atoms with Crippen molar-refractivity contribution < 1.29 is 22.4 Å². The van der Waals surface area contributed by atoms with Gasteiger partial charge in [0.1, 0.15) is 17.3 Å². The molecule has 3 amide bonds. The van der Waals surface area contributed by atoms with Crippen LogP contribution in [-0.4, -0.2) is 56.7 Å². The highest BCUT2D eigenvalue weighted by Gasteiger charge is 2.26. The molecule has 2 N–H and O–H groups in total. The van der Waals surface area contributed by atoms with Crippen LogP contribution in [0.5, 0.6) is 0 Å². The molecule has 1 aromatic carbocycles. The van der Waals surface area contributed by atoms with E-state index >= 15 is 0 Å². The number of nitrogens with zero attached hydrogens (tertiary/aromatic N) is 1. The summed E-state index contributed by atoms with van der Waals surface area (Å²) in [6.45, 7) is 1.87. The van der Waals surface area contributed by atoms with Crippen molar-refractivity contribution in [1.82, 2.24) is 15.5 Å². The van der Waals surface area contributed by atoms with Crippen LogP contribution in [0.3, 0.4) is 0 Å². The Labute approximate surface area is 133 Å². The summed E-state index contributed by atoms with van der Waals surface area (Å²) in [5, 5.41) is 5.12. The lowest BCUT2D eigenvalue weighted by atomic mass is 10.2. The minimum absolute atomic E-state index is 0.0732. The Bertz CT molecular complexity index is 708. The van der Waals surface area contributed by atoms with Crippen LogP contribution in [0.15, 0.2) is 29.2 Å². The first kappa shape index (κ1) is 17.2. The van der Waals surface area contributed by atoms with Gasteiger partial charge in [0.05, 0.1) is 5.75 Å². The number of rotatable bonds is 4. The van der Waals surface area contributed by atoms with Crippen LogP contribution in [0.2, 0.25) is 0 Å². The molecule has 0 spiro atoms. The third-order valence-electron chi connectivity index (χ3n) is 3.34. The molecule has 1 aromatic rings. The SMILES string of the molecule is CC1CN(C(=O)NCCS(=O)(=O)c2ccccc2F)CC(=O)N1. The summed E-state index contributed by atoms with van der Waals surface area (Å²) in [6, 6.07) is 4.41. The average molecular weight is 343 g/mol. The third kappa shape index (κ3) is 4.41. The number of halogens is 1. The molecule has 1 unspecified atom stereocenters. The van der Waals surface area contributed by atoms with Crippen LogP contribution in [0.1, 0.15) is 6.92 Å². The third-order valence-corrected chi connectivity index (χ3v) is 5.08. The molecule has 0 aliphatic carbocycles. The molecule has 0 radical (unpaired) electrons. The van der Waals surface area contributed by atoms with Gasteiger partial charge in [0, 0.05) is 19.1 Å². The van der Waals surface area contributed by atoms with E-state index in [0.29, 0.717) is 6.54 Å². The summed E-state index contributed by atoms with van der Waals surface area (Å²) >= 11 is 0. The molecule has 1 atom stereocenters. The summed E-state index contributed by atoms with van der Waals surface area (Å²) in [4.78, 5) is 24.2. The number of amides is 3. The molecule has 2 rings (SSSR count). The molecular weight excluding hydrogens is 325 g/mol. The topological polar surface area (TPSA) is 95.6 Å². The van der Waals surface area contributed by atoms with Gasteiger partial charge in [0.15, 0.2) is 9.84 Å². The number of sulfone groups is 1. The molecule has 7 nitrogen and oxygen atoms in total. The zero-order valence-electron chi connectivity index (χ0n) is 12.6. The zero-order valence-corrected chi connectivity index (χ0v) is 13.4. The van der Waals surface area contributed by atoms with E-state index < -0.39 is 27.4 Å². The fourth-order valence-electron chi connectivity index (χ4n) is 2.30. The maximum absolute atomic E-state index is 13.5. The summed E-state index contributed by atoms with van der Waals surface area (Å²) in [7, 11) is -3.83. The number of piperazine rings is 1. The van der Waals surface area contributed by atoms with E-state index in [0.717, 1.165) is 6.07 Å². The van der Waals surface area contributed by atoms with Crippen LogP contribution >= 0.6 is 0 Å². The number of urea groups is 1. The fraction of sp³-hybridized carbons (Fsp3) is 0.429. The van der Waals surface area contributed by atoms with Crippen molar-refractivity contribution in [3.05, 3.63) is 30.1 Å². The second-order valence-electron chi connectivity index (χ2n) is 5.33. The van der Waals surface area contributed by atoms with E-state index in [1.54, 1.807) is 6.92 Å². The van der Waals surface area contributed by atoms with Gasteiger partial charge in [-0.25, -0.2) is 17.6 Å². The lowest BCUT2D eigenvalue weighted by molar-refractivity contribution is -0.124. The van der Waals surface area contributed by atoms with Gasteiger partial charge in [-0.15, -0.1) is 0 Å². The first-order chi connectivity index (χ1) is 10.8. The Morgan fingerprint density at radius 1 is 1.43 bits per heavy atom. The maximum Gasteiger partial charge on any atom is 0.317 e. The minimum atomic E-state index is -3.83. The molecule has 23 heavy (non-hydrogen) atoms. The zero-order chi connectivity index (χ0) is 17.0. The molecular formula is C14H18FN3O4S. The standard InChI is InChI=1S/C14H18FN3O4S/c1-10-8-18(9-13(19)17-10)14(20)16-6-7-23(21,22)12-5-3-2-4-11(12)15/h2-5,10H,6-9H2,1H3,(H,16,20)(H,17,19). The molecule has 0 bridgehead atoms. The fourth-order valence-corrected chi connectivity index (χ4v) is 3.54. The summed E-state index contributed by atoms with van der Waals surface area (Å²) in [5.41, 5.74) is 0. The van der Waals surface area contributed by atoms with E-state index in [-0.39, 0.29) is 29.9 Å². The lowest BCUT2D eigenvalue weighted by Crippen LogP contribution is -2.57. The Morgan fingerprint density at radius 2 is 2.13 bits per heavy atom. The molecule has 1 saturated heterocycles. The van der Waals surface area contributed by atoms with Gasteiger partial charge in [0.25, 0.3) is 0 Å². The van der Waals surface area contributed by atoms with E-state index in [1.807, 2.05) is 0 Å². The van der Waals surface area contributed by atoms with Crippen molar-refractivity contribution in [2.45, 2.75) is 17.9 Å². The molecule has 1 heterocycles. The molecule has 126 valence electrons. The molecule has 0 saturated carbocycles. The highest BCUT2D eigenvalue weighted by Crippen LogP contribution is 2.14. The maximum atomic E-state index is 13.5. The van der Waals surface area contributed by atoms with Crippen molar-refractivity contribution in [2.24, 2.45) is 0 Å². The van der Waals surface area contributed by atoms with E-state index in [9.17, 15) is 22.4 Å². The van der Waals surface area contributed by atoms with Crippen molar-refractivity contribution in [2.75, 3.05) is 25.4 Å². The molecule has 9 heteroatoms. The van der Waals surface area contributed by atoms with Gasteiger partial charge in [-0.05, 0) is 19.1 Å². The highest BCUT2D eigenvalue weighted by atomic mass is 32.2. The van der Waals surface area contributed by atoms with Crippen LogP contribution in [0.25, 0.3) is 0 Å². The lowest BCUT2D eigenvalue weighted by Gasteiger charge is -2.31. The number of hydrogen-bond donors (Lipinski definition) is 2. The summed E-state index contributed by atoms with van der Waals surface area (Å²) in [5.74, 6) is -1.51. The largest absolute Gasteiger partial charge is 0.350 e. The predicted octanol–water partition coefficient (Wildman–Crippen LogP) is 0.129. The Kier molecular flexibility index (Phi) is 5.19. The number of carbonyl (C=O) groups excluding carboxylic acids is 2. The first-order valence-electron chi connectivity index (χ1n) is 7.09. The molecule has 1 aliphatic heterocycles. The van der Waals surface area contributed by atoms with Crippen molar-refractivity contribution in [3.63, 3.8) is 0 Å². The molecule has 0 aromatic heterocycles. The summed E-state index contributed by atoms with van der Waals surface area (Å²) < 4.78 is 37.6.